The smallest absolute Gasteiger partial charge is 0.407 e. The van der Waals surface area contributed by atoms with Crippen molar-refractivity contribution in [2.24, 2.45) is 0 Å². The zero-order valence-corrected chi connectivity index (χ0v) is 27.5. The second kappa shape index (κ2) is 13.7. The molecule has 0 saturated carbocycles. The van der Waals surface area contributed by atoms with Crippen LogP contribution < -0.4 is 5.56 Å². The normalized spacial score (nSPS) is 18.9. The van der Waals surface area contributed by atoms with Gasteiger partial charge >= 0.3 is 12.3 Å². The third kappa shape index (κ3) is 7.14. The second-order valence-electron chi connectivity index (χ2n) is 12.3. The lowest BCUT2D eigenvalue weighted by atomic mass is 9.89. The number of halogens is 5. The average Bonchev–Trinajstić information content (AvgIpc) is 3.41. The molecule has 2 aromatic carbocycles. The topological polar surface area (TPSA) is 130 Å². The number of carbonyl (C=O) groups is 2. The van der Waals surface area contributed by atoms with Crippen LogP contribution >= 0.6 is 23.2 Å². The zero-order valence-electron chi connectivity index (χ0n) is 25.9. The van der Waals surface area contributed by atoms with Crippen molar-refractivity contribution in [3.8, 4) is 5.69 Å². The quantitative estimate of drug-likeness (QED) is 0.253. The number of hydrogen-bond acceptors (Lipinski definition) is 6. The van der Waals surface area contributed by atoms with Crippen molar-refractivity contribution in [2.75, 3.05) is 32.8 Å². The summed E-state index contributed by atoms with van der Waals surface area (Å²) in [6.45, 7) is 0.519. The first-order chi connectivity index (χ1) is 23.3. The third-order valence-corrected chi connectivity index (χ3v) is 9.81. The first-order valence-electron chi connectivity index (χ1n) is 15.5. The molecule has 4 heterocycles. The molecule has 11 nitrogen and oxygen atoms in total. The molecule has 260 valence electrons. The summed E-state index contributed by atoms with van der Waals surface area (Å²) >= 11 is 13.2. The molecule has 2 aliphatic rings. The number of fused-ring (bicyclic) bond motifs is 1. The molecule has 2 amide bonds. The lowest BCUT2D eigenvalue weighted by molar-refractivity contribution is -0.162. The Morgan fingerprint density at radius 1 is 1.06 bits per heavy atom. The van der Waals surface area contributed by atoms with Gasteiger partial charge in [-0.05, 0) is 42.2 Å². The highest BCUT2D eigenvalue weighted by Gasteiger charge is 2.43. The Bertz CT molecular complexity index is 1930. The van der Waals surface area contributed by atoms with E-state index in [0.717, 1.165) is 0 Å². The molecule has 6 rings (SSSR count). The molecule has 0 aliphatic carbocycles. The Kier molecular flexibility index (Phi) is 9.68. The number of rotatable bonds is 7. The molecule has 2 unspecified atom stereocenters. The highest BCUT2D eigenvalue weighted by Crippen LogP contribution is 2.38. The van der Waals surface area contributed by atoms with Crippen LogP contribution in [0, 0.1) is 0 Å². The van der Waals surface area contributed by atoms with Gasteiger partial charge in [0.1, 0.15) is 11.5 Å². The lowest BCUT2D eigenvalue weighted by Gasteiger charge is -2.39. The molecule has 2 aromatic heterocycles. The number of morpholine rings is 1. The van der Waals surface area contributed by atoms with Crippen LogP contribution in [0.4, 0.5) is 18.0 Å². The van der Waals surface area contributed by atoms with Gasteiger partial charge in [-0.15, -0.1) is 0 Å². The Morgan fingerprint density at radius 2 is 1.78 bits per heavy atom. The van der Waals surface area contributed by atoms with Gasteiger partial charge in [0.15, 0.2) is 5.65 Å². The van der Waals surface area contributed by atoms with E-state index >= 15 is 0 Å². The van der Waals surface area contributed by atoms with Crippen molar-refractivity contribution in [1.29, 1.82) is 0 Å². The van der Waals surface area contributed by atoms with E-state index in [1.54, 1.807) is 24.3 Å². The average molecular weight is 723 g/mol. The molecule has 2 fully saturated rings. The molecular formula is C33H32Cl2F3N5O6. The first kappa shape index (κ1) is 34.7. The number of ether oxygens (including phenoxy) is 1. The van der Waals surface area contributed by atoms with Gasteiger partial charge in [-0.3, -0.25) is 23.6 Å². The van der Waals surface area contributed by atoms with Gasteiger partial charge in [0.05, 0.1) is 42.7 Å². The molecule has 2 atom stereocenters. The van der Waals surface area contributed by atoms with E-state index in [0.29, 0.717) is 11.3 Å². The highest BCUT2D eigenvalue weighted by atomic mass is 35.5. The van der Waals surface area contributed by atoms with Gasteiger partial charge in [0.2, 0.25) is 5.91 Å². The largest absolute Gasteiger partial charge is 0.465 e. The van der Waals surface area contributed by atoms with Crippen molar-refractivity contribution in [3.05, 3.63) is 92.6 Å². The van der Waals surface area contributed by atoms with Crippen LogP contribution in [-0.2, 0) is 16.1 Å². The van der Waals surface area contributed by atoms with Crippen LogP contribution in [0.15, 0.2) is 65.7 Å². The molecule has 49 heavy (non-hydrogen) atoms. The number of aliphatic hydroxyl groups is 1. The van der Waals surface area contributed by atoms with Crippen LogP contribution in [0.2, 0.25) is 10.2 Å². The fraction of sp³-hybridized carbons (Fsp3) is 0.394. The summed E-state index contributed by atoms with van der Waals surface area (Å²) < 4.78 is 49.7. The van der Waals surface area contributed by atoms with E-state index in [9.17, 15) is 37.8 Å². The Labute approximate surface area is 288 Å². The van der Waals surface area contributed by atoms with Gasteiger partial charge in [0.25, 0.3) is 5.56 Å². The molecule has 2 saturated heterocycles. The minimum Gasteiger partial charge on any atom is -0.465 e. The van der Waals surface area contributed by atoms with Gasteiger partial charge in [-0.1, -0.05) is 59.6 Å². The van der Waals surface area contributed by atoms with E-state index in [1.165, 1.54) is 55.6 Å². The summed E-state index contributed by atoms with van der Waals surface area (Å²) in [5, 5.41) is 21.6. The van der Waals surface area contributed by atoms with Gasteiger partial charge in [0, 0.05) is 36.8 Å². The van der Waals surface area contributed by atoms with Crippen molar-refractivity contribution >= 4 is 46.2 Å². The Morgan fingerprint density at radius 3 is 2.43 bits per heavy atom. The van der Waals surface area contributed by atoms with Crippen LogP contribution in [0.3, 0.4) is 0 Å². The predicted molar refractivity (Wildman–Crippen MR) is 174 cm³/mol. The Hall–Kier alpha value is -4.11. The summed E-state index contributed by atoms with van der Waals surface area (Å²) in [6, 6.07) is 13.1. The molecule has 2 aliphatic heterocycles. The van der Waals surface area contributed by atoms with Crippen LogP contribution in [-0.4, -0.2) is 90.8 Å². The fourth-order valence-corrected chi connectivity index (χ4v) is 7.11. The van der Waals surface area contributed by atoms with E-state index < -0.39 is 47.7 Å². The number of benzene rings is 2. The first-order valence-corrected chi connectivity index (χ1v) is 16.3. The van der Waals surface area contributed by atoms with Crippen LogP contribution in [0.25, 0.3) is 16.7 Å². The molecule has 2 N–H and O–H groups in total. The molecule has 0 radical (unpaired) electrons. The van der Waals surface area contributed by atoms with Crippen molar-refractivity contribution in [2.45, 2.75) is 49.5 Å². The minimum atomic E-state index is -4.60. The van der Waals surface area contributed by atoms with Crippen molar-refractivity contribution < 1.29 is 37.7 Å². The van der Waals surface area contributed by atoms with E-state index in [2.05, 4.69) is 4.98 Å². The lowest BCUT2D eigenvalue weighted by Crippen LogP contribution is -2.50. The summed E-state index contributed by atoms with van der Waals surface area (Å²) in [5.74, 6) is -2.61. The monoisotopic (exact) mass is 721 g/mol. The molecular weight excluding hydrogens is 690 g/mol. The van der Waals surface area contributed by atoms with E-state index in [-0.39, 0.29) is 79.0 Å². The standard InChI is InChI=1S/C33H32Cl2F3N5O6/c34-25-14-21(6-7-22(25)26-17-49-13-12-42(26)31(46)47)43-27(35)15-23-29(43)39-19-41(30(23)45)18-32(48)8-10-40(11-9-32)28(44)16-24(33(36,37)38)20-4-2-1-3-5-20/h1-7,14-15,19,24,26,48H,8-13,16-18H2,(H,46,47). The number of carboxylic acid groups (broad SMARTS) is 1. The number of aromatic nitrogens is 3. The number of amides is 2. The molecule has 0 spiro atoms. The maximum Gasteiger partial charge on any atom is 0.407 e. The number of hydrogen-bond donors (Lipinski definition) is 2. The number of alkyl halides is 3. The highest BCUT2D eigenvalue weighted by molar-refractivity contribution is 6.32. The van der Waals surface area contributed by atoms with Gasteiger partial charge < -0.3 is 19.8 Å². The summed E-state index contributed by atoms with van der Waals surface area (Å²) in [4.78, 5) is 45.3. The predicted octanol–water partition coefficient (Wildman–Crippen LogP) is 5.64. The summed E-state index contributed by atoms with van der Waals surface area (Å²) in [6.07, 6.45) is -5.07. The van der Waals surface area contributed by atoms with Crippen molar-refractivity contribution in [3.63, 3.8) is 0 Å². The van der Waals surface area contributed by atoms with Crippen LogP contribution in [0.5, 0.6) is 0 Å². The maximum atomic E-state index is 13.8. The number of carbonyl (C=O) groups excluding carboxylic acids is 1. The van der Waals surface area contributed by atoms with Gasteiger partial charge in [-0.25, -0.2) is 9.78 Å². The summed E-state index contributed by atoms with van der Waals surface area (Å²) in [5.41, 5.74) is -0.627. The van der Waals surface area contributed by atoms with E-state index in [4.69, 9.17) is 27.9 Å². The SMILES string of the molecule is O=C(CC(c1ccccc1)C(F)(F)F)N1CCC(O)(Cn2cnc3c(cc(Cl)n3-c3ccc(C4COCCN4C(=O)O)c(Cl)c3)c2=O)CC1. The maximum absolute atomic E-state index is 13.8. The third-order valence-electron chi connectivity index (χ3n) is 9.20. The molecule has 4 aromatic rings. The number of likely N-dealkylation sites (tertiary alicyclic amines) is 1. The fourth-order valence-electron chi connectivity index (χ4n) is 6.52. The molecule has 16 heteroatoms. The number of piperidine rings is 1. The van der Waals surface area contributed by atoms with E-state index in [1.807, 2.05) is 0 Å². The zero-order chi connectivity index (χ0) is 35.1. The Balaban J connectivity index is 1.16. The minimum absolute atomic E-state index is 0.00908. The molecule has 0 bridgehead atoms. The van der Waals surface area contributed by atoms with Crippen molar-refractivity contribution in [1.82, 2.24) is 23.9 Å². The second-order valence-corrected chi connectivity index (χ2v) is 13.1. The number of nitrogens with zero attached hydrogens (tertiary/aromatic N) is 5. The van der Waals surface area contributed by atoms with Gasteiger partial charge in [-0.2, -0.15) is 13.2 Å². The van der Waals surface area contributed by atoms with Crippen LogP contribution in [0.1, 0.15) is 42.3 Å². The summed E-state index contributed by atoms with van der Waals surface area (Å²) in [7, 11) is 0.